The van der Waals surface area contributed by atoms with Gasteiger partial charge in [-0.05, 0) is 43.5 Å². The first-order chi connectivity index (χ1) is 9.17. The van der Waals surface area contributed by atoms with Gasteiger partial charge in [0.05, 0.1) is 12.3 Å². The van der Waals surface area contributed by atoms with Crippen molar-refractivity contribution in [3.8, 4) is 0 Å². The van der Waals surface area contributed by atoms with Crippen LogP contribution >= 0.6 is 0 Å². The number of aryl methyl sites for hydroxylation is 1. The Labute approximate surface area is 115 Å². The molecule has 0 saturated carbocycles. The Morgan fingerprint density at radius 2 is 1.74 bits per heavy atom. The molecule has 0 aliphatic carbocycles. The lowest BCUT2D eigenvalue weighted by molar-refractivity contribution is 0.523. The molecule has 102 valence electrons. The van der Waals surface area contributed by atoms with Gasteiger partial charge in [-0.25, -0.2) is 0 Å². The summed E-state index contributed by atoms with van der Waals surface area (Å²) in [5.74, 6) is 1.60. The van der Waals surface area contributed by atoms with E-state index in [0.717, 1.165) is 5.76 Å². The van der Waals surface area contributed by atoms with Crippen LogP contribution in [0.4, 0.5) is 0 Å². The van der Waals surface area contributed by atoms with E-state index in [1.54, 1.807) is 6.26 Å². The largest absolute Gasteiger partial charge is 0.469 e. The molecule has 19 heavy (non-hydrogen) atoms. The summed E-state index contributed by atoms with van der Waals surface area (Å²) in [7, 11) is 1.99. The second-order valence-electron chi connectivity index (χ2n) is 5.13. The first-order valence-electron chi connectivity index (χ1n) is 6.98. The summed E-state index contributed by atoms with van der Waals surface area (Å²) in [6.45, 7) is 6.50. The van der Waals surface area contributed by atoms with Gasteiger partial charge in [-0.2, -0.15) is 0 Å². The van der Waals surface area contributed by atoms with E-state index in [4.69, 9.17) is 4.42 Å². The van der Waals surface area contributed by atoms with Crippen LogP contribution in [0.2, 0.25) is 0 Å². The number of hydrogen-bond acceptors (Lipinski definition) is 2. The first kappa shape index (κ1) is 13.9. The minimum absolute atomic E-state index is 0.199. The Balaban J connectivity index is 2.27. The predicted molar refractivity (Wildman–Crippen MR) is 79.5 cm³/mol. The van der Waals surface area contributed by atoms with Crippen molar-refractivity contribution in [3.05, 3.63) is 59.0 Å². The highest BCUT2D eigenvalue weighted by molar-refractivity contribution is 5.35. The molecule has 0 bridgehead atoms. The van der Waals surface area contributed by atoms with Gasteiger partial charge in [-0.3, -0.25) is 0 Å². The van der Waals surface area contributed by atoms with E-state index in [9.17, 15) is 0 Å². The molecule has 1 aromatic carbocycles. The third kappa shape index (κ3) is 2.90. The van der Waals surface area contributed by atoms with Gasteiger partial charge in [-0.15, -0.1) is 0 Å². The summed E-state index contributed by atoms with van der Waals surface area (Å²) >= 11 is 0. The number of hydrogen-bond donors (Lipinski definition) is 1. The molecule has 2 rings (SSSR count). The molecular weight excluding hydrogens is 234 g/mol. The summed E-state index contributed by atoms with van der Waals surface area (Å²) in [6, 6.07) is 11.2. The van der Waals surface area contributed by atoms with Crippen LogP contribution in [0.25, 0.3) is 0 Å². The molecule has 0 saturated heterocycles. The van der Waals surface area contributed by atoms with Crippen molar-refractivity contribution in [1.82, 2.24) is 5.32 Å². The van der Waals surface area contributed by atoms with Gasteiger partial charge >= 0.3 is 0 Å². The quantitative estimate of drug-likeness (QED) is 0.858. The number of furan rings is 1. The highest BCUT2D eigenvalue weighted by Crippen LogP contribution is 2.27. The number of benzene rings is 1. The monoisotopic (exact) mass is 257 g/mol. The summed E-state index contributed by atoms with van der Waals surface area (Å²) in [4.78, 5) is 0. The van der Waals surface area contributed by atoms with E-state index in [0.29, 0.717) is 5.92 Å². The maximum absolute atomic E-state index is 5.41. The van der Waals surface area contributed by atoms with Gasteiger partial charge in [0, 0.05) is 5.56 Å². The van der Waals surface area contributed by atoms with Crippen molar-refractivity contribution in [2.24, 2.45) is 0 Å². The normalized spacial score (nSPS) is 14.3. The molecule has 2 atom stereocenters. The molecule has 0 fully saturated rings. The van der Waals surface area contributed by atoms with E-state index in [1.165, 1.54) is 23.1 Å². The second kappa shape index (κ2) is 6.07. The molecule has 2 nitrogen and oxygen atoms in total. The van der Waals surface area contributed by atoms with Crippen LogP contribution < -0.4 is 5.32 Å². The van der Waals surface area contributed by atoms with Crippen molar-refractivity contribution in [1.29, 1.82) is 0 Å². The Bertz CT molecular complexity index is 512. The molecule has 0 spiro atoms. The van der Waals surface area contributed by atoms with E-state index in [1.807, 2.05) is 20.0 Å². The molecule has 1 heterocycles. The van der Waals surface area contributed by atoms with Crippen molar-refractivity contribution in [3.63, 3.8) is 0 Å². The molecule has 2 heteroatoms. The van der Waals surface area contributed by atoms with Crippen LogP contribution in [0.1, 0.15) is 54.7 Å². The van der Waals surface area contributed by atoms with Crippen molar-refractivity contribution in [2.45, 2.75) is 39.2 Å². The van der Waals surface area contributed by atoms with E-state index < -0.39 is 0 Å². The lowest BCUT2D eigenvalue weighted by atomic mass is 9.94. The van der Waals surface area contributed by atoms with Crippen LogP contribution in [0.15, 0.2) is 41.0 Å². The SMILES string of the molecule is CCC(C)c1ccc(C(NC)c2ccoc2C)cc1. The average molecular weight is 257 g/mol. The molecule has 1 aromatic heterocycles. The Morgan fingerprint density at radius 1 is 1.11 bits per heavy atom. The van der Waals surface area contributed by atoms with Gasteiger partial charge < -0.3 is 9.73 Å². The van der Waals surface area contributed by atoms with Crippen LogP contribution in [-0.2, 0) is 0 Å². The third-order valence-electron chi connectivity index (χ3n) is 3.95. The van der Waals surface area contributed by atoms with Crippen LogP contribution in [0, 0.1) is 6.92 Å². The second-order valence-corrected chi connectivity index (χ2v) is 5.13. The fourth-order valence-electron chi connectivity index (χ4n) is 2.45. The third-order valence-corrected chi connectivity index (χ3v) is 3.95. The Hall–Kier alpha value is -1.54. The van der Waals surface area contributed by atoms with Gasteiger partial charge in [0.2, 0.25) is 0 Å². The van der Waals surface area contributed by atoms with E-state index >= 15 is 0 Å². The molecular formula is C17H23NO. The Kier molecular flexibility index (Phi) is 4.43. The van der Waals surface area contributed by atoms with Gasteiger partial charge in [0.25, 0.3) is 0 Å². The standard InChI is InChI=1S/C17H23NO/c1-5-12(2)14-6-8-15(9-7-14)17(18-4)16-10-11-19-13(16)3/h6-12,17-18H,5H2,1-4H3. The topological polar surface area (TPSA) is 25.2 Å². The van der Waals surface area contributed by atoms with Crippen molar-refractivity contribution in [2.75, 3.05) is 7.05 Å². The minimum Gasteiger partial charge on any atom is -0.469 e. The maximum Gasteiger partial charge on any atom is 0.105 e. The molecule has 0 radical (unpaired) electrons. The lowest BCUT2D eigenvalue weighted by Gasteiger charge is -2.17. The molecule has 2 unspecified atom stereocenters. The predicted octanol–water partition coefficient (Wildman–Crippen LogP) is 4.41. The highest BCUT2D eigenvalue weighted by atomic mass is 16.3. The summed E-state index contributed by atoms with van der Waals surface area (Å²) in [5, 5.41) is 3.36. The average Bonchev–Trinajstić information content (AvgIpc) is 2.86. The van der Waals surface area contributed by atoms with Crippen LogP contribution in [-0.4, -0.2) is 7.05 Å². The van der Waals surface area contributed by atoms with Crippen LogP contribution in [0.3, 0.4) is 0 Å². The number of nitrogens with one attached hydrogen (secondary N) is 1. The van der Waals surface area contributed by atoms with Crippen molar-refractivity contribution >= 4 is 0 Å². The summed E-state index contributed by atoms with van der Waals surface area (Å²) in [6.07, 6.45) is 2.93. The molecule has 0 amide bonds. The first-order valence-corrected chi connectivity index (χ1v) is 6.98. The maximum atomic E-state index is 5.41. The zero-order valence-corrected chi connectivity index (χ0v) is 12.2. The fraction of sp³-hybridized carbons (Fsp3) is 0.412. The van der Waals surface area contributed by atoms with Gasteiger partial charge in [0.1, 0.15) is 5.76 Å². The molecule has 1 N–H and O–H groups in total. The zero-order chi connectivity index (χ0) is 13.8. The fourth-order valence-corrected chi connectivity index (χ4v) is 2.45. The molecule has 0 aliphatic rings. The highest BCUT2D eigenvalue weighted by Gasteiger charge is 2.16. The van der Waals surface area contributed by atoms with E-state index in [2.05, 4.69) is 43.4 Å². The smallest absolute Gasteiger partial charge is 0.105 e. The summed E-state index contributed by atoms with van der Waals surface area (Å²) in [5.41, 5.74) is 3.89. The van der Waals surface area contributed by atoms with Crippen molar-refractivity contribution < 1.29 is 4.42 Å². The number of rotatable bonds is 5. The Morgan fingerprint density at radius 3 is 2.21 bits per heavy atom. The van der Waals surface area contributed by atoms with Gasteiger partial charge in [0.15, 0.2) is 0 Å². The van der Waals surface area contributed by atoms with Gasteiger partial charge in [-0.1, -0.05) is 38.1 Å². The lowest BCUT2D eigenvalue weighted by Crippen LogP contribution is -2.17. The summed E-state index contributed by atoms with van der Waals surface area (Å²) < 4.78 is 5.41. The van der Waals surface area contributed by atoms with Crippen LogP contribution in [0.5, 0.6) is 0 Å². The minimum atomic E-state index is 0.199. The molecule has 0 aliphatic heterocycles. The zero-order valence-electron chi connectivity index (χ0n) is 12.2. The molecule has 2 aromatic rings. The van der Waals surface area contributed by atoms with E-state index in [-0.39, 0.29) is 6.04 Å².